The summed E-state index contributed by atoms with van der Waals surface area (Å²) in [6.45, 7) is 6.13. The van der Waals surface area contributed by atoms with Crippen LogP contribution in [0.3, 0.4) is 0 Å². The van der Waals surface area contributed by atoms with Gasteiger partial charge in [-0.3, -0.25) is 9.59 Å². The van der Waals surface area contributed by atoms with Gasteiger partial charge in [-0.1, -0.05) is 18.2 Å². The first-order valence-corrected chi connectivity index (χ1v) is 10.3. The van der Waals surface area contributed by atoms with Crippen molar-refractivity contribution >= 4 is 11.8 Å². The molecule has 2 fully saturated rings. The maximum absolute atomic E-state index is 13.1. The number of carbonyl (C=O) groups is 2. The van der Waals surface area contributed by atoms with Gasteiger partial charge in [0.15, 0.2) is 0 Å². The van der Waals surface area contributed by atoms with Crippen LogP contribution in [0, 0.1) is 19.7 Å². The van der Waals surface area contributed by atoms with Crippen molar-refractivity contribution in [2.45, 2.75) is 32.4 Å². The predicted molar refractivity (Wildman–Crippen MR) is 112 cm³/mol. The van der Waals surface area contributed by atoms with Gasteiger partial charge in [0.25, 0.3) is 5.91 Å². The zero-order chi connectivity index (χ0) is 21.3. The third kappa shape index (κ3) is 4.22. The lowest BCUT2D eigenvalue weighted by Gasteiger charge is -2.36. The Bertz CT molecular complexity index is 939. The lowest BCUT2D eigenvalue weighted by Crippen LogP contribution is -2.54. The van der Waals surface area contributed by atoms with Gasteiger partial charge in [0.05, 0.1) is 0 Å². The SMILES string of the molecule is Cc1ccc(C2CC(C(=O)N3CCN(C(=O)c4ccc(F)cc4)CC3)NN2)cc1C. The summed E-state index contributed by atoms with van der Waals surface area (Å²) in [4.78, 5) is 29.1. The van der Waals surface area contributed by atoms with E-state index in [1.54, 1.807) is 4.90 Å². The van der Waals surface area contributed by atoms with Crippen molar-refractivity contribution in [2.24, 2.45) is 0 Å². The molecule has 2 saturated heterocycles. The van der Waals surface area contributed by atoms with Gasteiger partial charge in [-0.2, -0.15) is 0 Å². The lowest BCUT2D eigenvalue weighted by molar-refractivity contribution is -0.134. The maximum Gasteiger partial charge on any atom is 0.253 e. The highest BCUT2D eigenvalue weighted by Crippen LogP contribution is 2.25. The Hall–Kier alpha value is -2.77. The summed E-state index contributed by atoms with van der Waals surface area (Å²) in [6.07, 6.45) is 0.691. The van der Waals surface area contributed by atoms with Gasteiger partial charge in [0, 0.05) is 37.8 Å². The van der Waals surface area contributed by atoms with Crippen molar-refractivity contribution in [2.75, 3.05) is 26.2 Å². The molecule has 0 spiro atoms. The Balaban J connectivity index is 1.31. The zero-order valence-electron chi connectivity index (χ0n) is 17.3. The van der Waals surface area contributed by atoms with Crippen molar-refractivity contribution < 1.29 is 14.0 Å². The number of amides is 2. The fourth-order valence-electron chi connectivity index (χ4n) is 4.04. The van der Waals surface area contributed by atoms with Crippen LogP contribution in [0.2, 0.25) is 0 Å². The van der Waals surface area contributed by atoms with Gasteiger partial charge < -0.3 is 9.80 Å². The molecule has 2 unspecified atom stereocenters. The van der Waals surface area contributed by atoms with Gasteiger partial charge >= 0.3 is 0 Å². The van der Waals surface area contributed by atoms with E-state index in [1.807, 2.05) is 4.90 Å². The third-order valence-corrected chi connectivity index (χ3v) is 6.10. The molecular formula is C23H27FN4O2. The third-order valence-electron chi connectivity index (χ3n) is 6.10. The minimum Gasteiger partial charge on any atom is -0.338 e. The summed E-state index contributed by atoms with van der Waals surface area (Å²) >= 11 is 0. The summed E-state index contributed by atoms with van der Waals surface area (Å²) in [5.74, 6) is -0.431. The molecule has 0 radical (unpaired) electrons. The average molecular weight is 410 g/mol. The second kappa shape index (κ2) is 8.53. The van der Waals surface area contributed by atoms with E-state index >= 15 is 0 Å². The van der Waals surface area contributed by atoms with Gasteiger partial charge in [0.2, 0.25) is 5.91 Å². The Morgan fingerprint density at radius 3 is 2.23 bits per heavy atom. The van der Waals surface area contributed by atoms with Crippen LogP contribution < -0.4 is 10.9 Å². The number of carbonyl (C=O) groups excluding carboxylic acids is 2. The monoisotopic (exact) mass is 410 g/mol. The topological polar surface area (TPSA) is 64.7 Å². The van der Waals surface area contributed by atoms with E-state index < -0.39 is 0 Å². The molecule has 6 nitrogen and oxygen atoms in total. The molecule has 4 rings (SSSR count). The largest absolute Gasteiger partial charge is 0.338 e. The van der Waals surface area contributed by atoms with Gasteiger partial charge in [-0.05, 0) is 61.2 Å². The number of hydrogen-bond donors (Lipinski definition) is 2. The first kappa shape index (κ1) is 20.5. The number of hydrogen-bond acceptors (Lipinski definition) is 4. The van der Waals surface area contributed by atoms with Crippen molar-refractivity contribution in [1.29, 1.82) is 0 Å². The number of halogens is 1. The summed E-state index contributed by atoms with van der Waals surface area (Å²) in [6, 6.07) is 11.8. The highest BCUT2D eigenvalue weighted by atomic mass is 19.1. The van der Waals surface area contributed by atoms with Crippen LogP contribution in [0.25, 0.3) is 0 Å². The van der Waals surface area contributed by atoms with E-state index in [1.165, 1.54) is 41.0 Å². The van der Waals surface area contributed by atoms with E-state index in [0.717, 1.165) is 0 Å². The highest BCUT2D eigenvalue weighted by molar-refractivity contribution is 5.94. The smallest absolute Gasteiger partial charge is 0.253 e. The lowest BCUT2D eigenvalue weighted by atomic mass is 9.98. The summed E-state index contributed by atoms with van der Waals surface area (Å²) in [5, 5.41) is 0. The molecule has 7 heteroatoms. The van der Waals surface area contributed by atoms with Crippen LogP contribution in [0.4, 0.5) is 4.39 Å². The molecule has 0 bridgehead atoms. The first-order chi connectivity index (χ1) is 14.4. The molecule has 0 saturated carbocycles. The Morgan fingerprint density at radius 1 is 0.900 bits per heavy atom. The normalized spacial score (nSPS) is 21.7. The van der Waals surface area contributed by atoms with Crippen LogP contribution in [-0.4, -0.2) is 53.8 Å². The van der Waals surface area contributed by atoms with Crippen molar-refractivity contribution in [3.8, 4) is 0 Å². The number of hydrazine groups is 1. The molecule has 158 valence electrons. The quantitative estimate of drug-likeness (QED) is 0.815. The molecule has 2 heterocycles. The number of benzene rings is 2. The number of piperazine rings is 1. The van der Waals surface area contributed by atoms with Crippen LogP contribution in [0.15, 0.2) is 42.5 Å². The van der Waals surface area contributed by atoms with E-state index in [2.05, 4.69) is 42.9 Å². The predicted octanol–water partition coefficient (Wildman–Crippen LogP) is 2.33. The molecule has 2 aliphatic rings. The highest BCUT2D eigenvalue weighted by Gasteiger charge is 2.34. The summed E-state index contributed by atoms with van der Waals surface area (Å²) < 4.78 is 13.1. The molecule has 0 aliphatic carbocycles. The molecule has 0 aromatic heterocycles. The van der Waals surface area contributed by atoms with E-state index in [9.17, 15) is 14.0 Å². The molecular weight excluding hydrogens is 383 g/mol. The summed E-state index contributed by atoms with van der Waals surface area (Å²) in [7, 11) is 0. The molecule has 2 aliphatic heterocycles. The molecule has 2 amide bonds. The van der Waals surface area contributed by atoms with E-state index in [0.29, 0.717) is 38.2 Å². The van der Waals surface area contributed by atoms with Crippen molar-refractivity contribution in [1.82, 2.24) is 20.7 Å². The summed E-state index contributed by atoms with van der Waals surface area (Å²) in [5.41, 5.74) is 10.5. The second-order valence-electron chi connectivity index (χ2n) is 8.10. The number of nitrogens with one attached hydrogen (secondary N) is 2. The Kier molecular flexibility index (Phi) is 5.83. The van der Waals surface area contributed by atoms with Crippen LogP contribution in [-0.2, 0) is 4.79 Å². The molecule has 30 heavy (non-hydrogen) atoms. The number of aryl methyl sites for hydroxylation is 2. The van der Waals surface area contributed by atoms with Gasteiger partial charge in [-0.15, -0.1) is 0 Å². The zero-order valence-corrected chi connectivity index (χ0v) is 17.3. The Labute approximate surface area is 176 Å². The molecule has 2 aromatic rings. The minimum atomic E-state index is -0.362. The fraction of sp³-hybridized carbons (Fsp3) is 0.391. The standard InChI is InChI=1S/C23H27FN4O2/c1-15-3-4-18(13-16(15)2)20-14-21(26-25-20)23(30)28-11-9-27(10-12-28)22(29)17-5-7-19(24)8-6-17/h3-8,13,20-21,25-26H,9-12,14H2,1-2H3. The number of nitrogens with zero attached hydrogens (tertiary/aromatic N) is 2. The Morgan fingerprint density at radius 2 is 1.57 bits per heavy atom. The maximum atomic E-state index is 13.1. The van der Waals surface area contributed by atoms with Crippen molar-refractivity contribution in [3.05, 3.63) is 70.5 Å². The molecule has 2 atom stereocenters. The van der Waals surface area contributed by atoms with Crippen LogP contribution >= 0.6 is 0 Å². The minimum absolute atomic E-state index is 0.0581. The van der Waals surface area contributed by atoms with Crippen LogP contribution in [0.5, 0.6) is 0 Å². The van der Waals surface area contributed by atoms with Crippen LogP contribution in [0.1, 0.15) is 39.5 Å². The number of rotatable bonds is 3. The van der Waals surface area contributed by atoms with Gasteiger partial charge in [-0.25, -0.2) is 15.2 Å². The van der Waals surface area contributed by atoms with Gasteiger partial charge in [0.1, 0.15) is 11.9 Å². The average Bonchev–Trinajstić information content (AvgIpc) is 3.25. The first-order valence-electron chi connectivity index (χ1n) is 10.3. The fourth-order valence-corrected chi connectivity index (χ4v) is 4.04. The molecule has 2 aromatic carbocycles. The van der Waals surface area contributed by atoms with E-state index in [-0.39, 0.29) is 29.7 Å². The second-order valence-corrected chi connectivity index (χ2v) is 8.10. The van der Waals surface area contributed by atoms with Crippen molar-refractivity contribution in [3.63, 3.8) is 0 Å². The van der Waals surface area contributed by atoms with E-state index in [4.69, 9.17) is 0 Å². The molecule has 2 N–H and O–H groups in total.